The van der Waals surface area contributed by atoms with E-state index < -0.39 is 11.8 Å². The smallest absolute Gasteiger partial charge is 0.323 e. The molecule has 80 heavy (non-hydrogen) atoms. The summed E-state index contributed by atoms with van der Waals surface area (Å²) < 4.78 is 31.4. The third-order valence-electron chi connectivity index (χ3n) is 16.5. The zero-order valence-electron chi connectivity index (χ0n) is 54.1. The van der Waals surface area contributed by atoms with E-state index in [4.69, 9.17) is 23.7 Å². The summed E-state index contributed by atoms with van der Waals surface area (Å²) >= 11 is 0. The van der Waals surface area contributed by atoms with E-state index in [1.54, 1.807) is 0 Å². The molecule has 0 aromatic carbocycles. The second-order valence-corrected chi connectivity index (χ2v) is 25.2. The molecule has 0 aliphatic carbocycles. The van der Waals surface area contributed by atoms with Gasteiger partial charge in [0.2, 0.25) is 5.79 Å². The zero-order valence-corrected chi connectivity index (χ0v) is 54.1. The molecule has 0 radical (unpaired) electrons. The zero-order chi connectivity index (χ0) is 58.6. The van der Waals surface area contributed by atoms with Gasteiger partial charge in [-0.3, -0.25) is 24.1 Å². The van der Waals surface area contributed by atoms with Crippen LogP contribution in [0.15, 0.2) is 0 Å². The molecule has 0 saturated carbocycles. The van der Waals surface area contributed by atoms with Crippen LogP contribution in [0.4, 0.5) is 0 Å². The second-order valence-electron chi connectivity index (χ2n) is 25.2. The maximum absolute atomic E-state index is 14.0. The van der Waals surface area contributed by atoms with Crippen LogP contribution in [0.25, 0.3) is 0 Å². The Morgan fingerprint density at radius 3 is 1.40 bits per heavy atom. The summed E-state index contributed by atoms with van der Waals surface area (Å²) in [5.41, 5.74) is 0. The maximum Gasteiger partial charge on any atom is 0.323 e. The minimum absolute atomic E-state index is 0.113. The van der Waals surface area contributed by atoms with Gasteiger partial charge in [-0.1, -0.05) is 247 Å². The van der Waals surface area contributed by atoms with Gasteiger partial charge in [0, 0.05) is 45.2 Å². The fourth-order valence-electron chi connectivity index (χ4n) is 11.4. The Morgan fingerprint density at radius 1 is 0.475 bits per heavy atom. The molecule has 1 aliphatic heterocycles. The lowest BCUT2D eigenvalue weighted by molar-refractivity contribution is -0.259. The van der Waals surface area contributed by atoms with Gasteiger partial charge in [-0.25, -0.2) is 0 Å². The number of carbonyl (C=O) groups is 4. The molecule has 1 aliphatic rings. The van der Waals surface area contributed by atoms with Crippen LogP contribution in [0.1, 0.15) is 343 Å². The fraction of sp³-hybridized carbons (Fsp3) is 0.942. The molecular formula is C69H132N2O9. The fourth-order valence-corrected chi connectivity index (χ4v) is 11.4. The van der Waals surface area contributed by atoms with Gasteiger partial charge in [-0.2, -0.15) is 0 Å². The largest absolute Gasteiger partial charge is 0.466 e. The van der Waals surface area contributed by atoms with Crippen LogP contribution in [0, 0.1) is 5.92 Å². The highest BCUT2D eigenvalue weighted by molar-refractivity contribution is 5.76. The number of rotatable bonds is 59. The molecule has 0 bridgehead atoms. The van der Waals surface area contributed by atoms with Crippen LogP contribution in [0.2, 0.25) is 0 Å². The monoisotopic (exact) mass is 1130 g/mol. The van der Waals surface area contributed by atoms with Gasteiger partial charge in [0.25, 0.3) is 0 Å². The molecule has 0 amide bonds. The number of esters is 4. The van der Waals surface area contributed by atoms with Gasteiger partial charge < -0.3 is 28.6 Å². The van der Waals surface area contributed by atoms with Crippen LogP contribution in [-0.4, -0.2) is 105 Å². The van der Waals surface area contributed by atoms with Crippen molar-refractivity contribution < 1.29 is 42.9 Å². The number of carbonyl (C=O) groups excluding carboxylic acids is 4. The van der Waals surface area contributed by atoms with Crippen molar-refractivity contribution in [2.24, 2.45) is 5.92 Å². The van der Waals surface area contributed by atoms with E-state index in [0.29, 0.717) is 58.5 Å². The number of ether oxygens (including phenoxy) is 5. The summed E-state index contributed by atoms with van der Waals surface area (Å²) in [5, 5.41) is 0. The Labute approximate surface area is 494 Å². The summed E-state index contributed by atoms with van der Waals surface area (Å²) in [6, 6.07) is -0.465. The number of likely N-dealkylation sites (tertiary alicyclic amines) is 1. The summed E-state index contributed by atoms with van der Waals surface area (Å²) in [6.45, 7) is 16.3. The van der Waals surface area contributed by atoms with E-state index in [0.717, 1.165) is 121 Å². The van der Waals surface area contributed by atoms with Crippen molar-refractivity contribution in [1.82, 2.24) is 9.80 Å². The number of hydrogen-bond donors (Lipinski definition) is 0. The Morgan fingerprint density at radius 2 is 0.900 bits per heavy atom. The lowest BCUT2D eigenvalue weighted by Gasteiger charge is -2.37. The highest BCUT2D eigenvalue weighted by atomic mass is 16.7. The van der Waals surface area contributed by atoms with E-state index in [1.807, 2.05) is 19.0 Å². The van der Waals surface area contributed by atoms with Crippen LogP contribution in [0.3, 0.4) is 0 Å². The maximum atomic E-state index is 14.0. The Hall–Kier alpha value is -2.24. The Balaban J connectivity index is 2.82. The van der Waals surface area contributed by atoms with Crippen LogP contribution < -0.4 is 0 Å². The minimum atomic E-state index is -0.852. The van der Waals surface area contributed by atoms with E-state index in [1.165, 1.54) is 161 Å². The molecule has 1 fully saturated rings. The summed E-state index contributed by atoms with van der Waals surface area (Å²) in [6.07, 6.45) is 49.7. The third-order valence-corrected chi connectivity index (χ3v) is 16.5. The predicted octanol–water partition coefficient (Wildman–Crippen LogP) is 18.9. The average molecular weight is 1130 g/mol. The van der Waals surface area contributed by atoms with Crippen LogP contribution >= 0.6 is 0 Å². The molecule has 472 valence electrons. The minimum Gasteiger partial charge on any atom is -0.466 e. The molecule has 0 N–H and O–H groups in total. The van der Waals surface area contributed by atoms with Crippen molar-refractivity contribution in [3.05, 3.63) is 0 Å². The first-order chi connectivity index (χ1) is 38.9. The third kappa shape index (κ3) is 44.3. The first-order valence-corrected chi connectivity index (χ1v) is 34.7. The lowest BCUT2D eigenvalue weighted by atomic mass is 9.97. The number of nitrogens with zero attached hydrogens (tertiary/aromatic N) is 2. The first kappa shape index (κ1) is 75.8. The first-order valence-electron chi connectivity index (χ1n) is 34.7. The molecular weight excluding hydrogens is 1000 g/mol. The van der Waals surface area contributed by atoms with E-state index in [2.05, 4.69) is 46.4 Å². The topological polar surface area (TPSA) is 121 Å². The summed E-state index contributed by atoms with van der Waals surface area (Å²) in [5.74, 6) is -0.816. The molecule has 1 saturated heterocycles. The molecule has 0 spiro atoms. The van der Waals surface area contributed by atoms with Crippen molar-refractivity contribution in [3.8, 4) is 0 Å². The molecule has 1 heterocycles. The number of hydrogen-bond acceptors (Lipinski definition) is 11. The molecule has 1 rings (SSSR count). The molecule has 11 nitrogen and oxygen atoms in total. The Bertz CT molecular complexity index is 1410. The van der Waals surface area contributed by atoms with E-state index in [9.17, 15) is 19.2 Å². The molecule has 0 aromatic rings. The summed E-state index contributed by atoms with van der Waals surface area (Å²) in [4.78, 5) is 56.9. The molecule has 2 atom stereocenters. The molecule has 11 heteroatoms. The lowest BCUT2D eigenvalue weighted by Crippen LogP contribution is -2.42. The van der Waals surface area contributed by atoms with Crippen molar-refractivity contribution in [2.75, 3.05) is 46.9 Å². The van der Waals surface area contributed by atoms with Crippen molar-refractivity contribution in [3.63, 3.8) is 0 Å². The average Bonchev–Trinajstić information content (AvgIpc) is 3.83. The number of unbranched alkanes of at least 4 members (excludes halogenated alkanes) is 31. The van der Waals surface area contributed by atoms with Gasteiger partial charge in [0.05, 0.1) is 25.7 Å². The van der Waals surface area contributed by atoms with Crippen molar-refractivity contribution in [1.29, 1.82) is 0 Å². The van der Waals surface area contributed by atoms with Crippen molar-refractivity contribution >= 4 is 23.9 Å². The van der Waals surface area contributed by atoms with Gasteiger partial charge in [-0.15, -0.1) is 0 Å². The highest BCUT2D eigenvalue weighted by Gasteiger charge is 2.40. The van der Waals surface area contributed by atoms with Crippen molar-refractivity contribution in [2.45, 2.75) is 367 Å². The Kier molecular flexibility index (Phi) is 50.7. The van der Waals surface area contributed by atoms with Gasteiger partial charge >= 0.3 is 23.9 Å². The summed E-state index contributed by atoms with van der Waals surface area (Å²) in [7, 11) is 3.87. The highest BCUT2D eigenvalue weighted by Crippen LogP contribution is 2.34. The van der Waals surface area contributed by atoms with Gasteiger partial charge in [0.15, 0.2) is 0 Å². The SMILES string of the molecule is CCCCCCCCC(CCCCCCCC)OC(CCCCCCCC)(CCCCCCCC)OC(=O)CCCCCCCOC(=O)[C@@H]1CC(OC(=O)CCN(C)C)CN1CCCCCC(=O)OCCCCCCCCC(C)C. The molecule has 0 aromatic heterocycles. The van der Waals surface area contributed by atoms with Gasteiger partial charge in [-0.05, 0) is 84.3 Å². The van der Waals surface area contributed by atoms with Crippen LogP contribution in [-0.2, 0) is 42.9 Å². The normalized spacial score (nSPS) is 14.9. The van der Waals surface area contributed by atoms with Crippen LogP contribution in [0.5, 0.6) is 0 Å². The quantitative estimate of drug-likeness (QED) is 0.0250. The van der Waals surface area contributed by atoms with E-state index in [-0.39, 0.29) is 36.1 Å². The molecule has 1 unspecified atom stereocenters. The van der Waals surface area contributed by atoms with E-state index >= 15 is 0 Å². The second kappa shape index (κ2) is 53.5. The predicted molar refractivity (Wildman–Crippen MR) is 334 cm³/mol. The van der Waals surface area contributed by atoms with Gasteiger partial charge in [0.1, 0.15) is 12.1 Å². The standard InChI is InChI=1S/C69H132N2O9/c1-9-13-17-21-29-38-48-62(49-39-30-22-18-14-10-2)79-69(53-42-32-23-19-15-11-3,54-43-33-24-20-16-12-4)80-67(74)51-40-31-27-35-46-58-77-68(75)64-59-63(78-66(73)52-56-70(7)8)60-71(64)55-44-36-41-50-65(72)76-57-45-34-26-25-28-37-47-61(5)6/h61-64H,9-60H2,1-8H3/t63?,64-/m0/s1.